The van der Waals surface area contributed by atoms with Gasteiger partial charge in [-0.15, -0.1) is 0 Å². The van der Waals surface area contributed by atoms with Gasteiger partial charge < -0.3 is 4.98 Å². The average molecular weight is 461 g/mol. The smallest absolute Gasteiger partial charge is 0.252 e. The maximum Gasteiger partial charge on any atom is 0.252 e. The van der Waals surface area contributed by atoms with E-state index in [1.165, 1.54) is 35.5 Å². The number of carbonyl (C=O) groups is 1. The first-order chi connectivity index (χ1) is 15.7. The van der Waals surface area contributed by atoms with Gasteiger partial charge in [-0.1, -0.05) is 54.6 Å². The lowest BCUT2D eigenvalue weighted by atomic mass is 10.1. The van der Waals surface area contributed by atoms with Crippen LogP contribution in [0, 0.1) is 6.92 Å². The minimum atomic E-state index is -3.95. The molecule has 4 aromatic rings. The van der Waals surface area contributed by atoms with Crippen LogP contribution in [0.15, 0.2) is 88.6 Å². The fraction of sp³-hybridized carbons (Fsp3) is 0.154. The summed E-state index contributed by atoms with van der Waals surface area (Å²) >= 11 is 0. The summed E-state index contributed by atoms with van der Waals surface area (Å²) in [6, 6.07) is 22.6. The number of ketones is 1. The van der Waals surface area contributed by atoms with Crippen LogP contribution in [0.5, 0.6) is 0 Å². The highest BCUT2D eigenvalue weighted by molar-refractivity contribution is 7.89. The van der Waals surface area contributed by atoms with Gasteiger partial charge in [0.05, 0.1) is 4.90 Å². The van der Waals surface area contributed by atoms with E-state index in [1.807, 2.05) is 55.5 Å². The van der Waals surface area contributed by atoms with Crippen molar-refractivity contribution in [1.82, 2.24) is 9.29 Å². The van der Waals surface area contributed by atoms with Gasteiger partial charge >= 0.3 is 0 Å². The first kappa shape index (κ1) is 22.6. The zero-order valence-electron chi connectivity index (χ0n) is 18.4. The summed E-state index contributed by atoms with van der Waals surface area (Å²) in [5, 5.41) is 0.832. The van der Waals surface area contributed by atoms with E-state index >= 15 is 0 Å². The van der Waals surface area contributed by atoms with Crippen LogP contribution in [0.2, 0.25) is 0 Å². The van der Waals surface area contributed by atoms with Gasteiger partial charge in [0, 0.05) is 29.7 Å². The Morgan fingerprint density at radius 1 is 0.909 bits per heavy atom. The number of Topliss-reactive ketones (excluding diaryl/α,β-unsaturated/α-hetero) is 1. The van der Waals surface area contributed by atoms with Crippen LogP contribution in [0.1, 0.15) is 34.0 Å². The first-order valence-electron chi connectivity index (χ1n) is 10.5. The second-order valence-corrected chi connectivity index (χ2v) is 9.99. The lowest BCUT2D eigenvalue weighted by molar-refractivity contribution is 0.101. The van der Waals surface area contributed by atoms with Gasteiger partial charge in [0.15, 0.2) is 5.78 Å². The van der Waals surface area contributed by atoms with Crippen LogP contribution in [-0.4, -0.2) is 23.5 Å². The van der Waals surface area contributed by atoms with Gasteiger partial charge in [0.25, 0.3) is 5.56 Å². The molecule has 7 heteroatoms. The molecular weight excluding hydrogens is 436 g/mol. The standard InChI is InChI=1S/C26H24N2O4S/c1-18-8-9-22-15-23(26(30)27-25(22)14-18)17-28(16-20-6-4-3-5-7-20)33(31,32)24-12-10-21(11-13-24)19(2)29/h3-15H,16-17H2,1-2H3,(H,27,30). The average Bonchev–Trinajstić information content (AvgIpc) is 2.80. The van der Waals surface area contributed by atoms with Gasteiger partial charge in [0.1, 0.15) is 0 Å². The van der Waals surface area contributed by atoms with Gasteiger partial charge in [-0.05, 0) is 54.6 Å². The number of nitrogens with zero attached hydrogens (tertiary/aromatic N) is 1. The van der Waals surface area contributed by atoms with E-state index in [0.29, 0.717) is 16.6 Å². The molecule has 0 unspecified atom stereocenters. The molecule has 168 valence electrons. The van der Waals surface area contributed by atoms with Crippen LogP contribution in [-0.2, 0) is 23.1 Å². The largest absolute Gasteiger partial charge is 0.322 e. The Balaban J connectivity index is 1.76. The third-order valence-electron chi connectivity index (χ3n) is 5.53. The maximum absolute atomic E-state index is 13.6. The second-order valence-electron chi connectivity index (χ2n) is 8.05. The molecule has 0 fully saturated rings. The molecule has 0 atom stereocenters. The number of H-pyrrole nitrogens is 1. The summed E-state index contributed by atoms with van der Waals surface area (Å²) in [6.45, 7) is 3.38. The van der Waals surface area contributed by atoms with E-state index < -0.39 is 10.0 Å². The number of pyridine rings is 1. The number of aryl methyl sites for hydroxylation is 1. The molecule has 0 saturated heterocycles. The highest BCUT2D eigenvalue weighted by Crippen LogP contribution is 2.22. The Bertz CT molecular complexity index is 1470. The van der Waals surface area contributed by atoms with E-state index in [-0.39, 0.29) is 29.3 Å². The van der Waals surface area contributed by atoms with E-state index in [2.05, 4.69) is 4.98 Å². The van der Waals surface area contributed by atoms with Crippen LogP contribution in [0.25, 0.3) is 10.9 Å². The molecule has 3 aromatic carbocycles. The number of rotatable bonds is 7. The van der Waals surface area contributed by atoms with E-state index in [0.717, 1.165) is 16.5 Å². The zero-order chi connectivity index (χ0) is 23.6. The number of hydrogen-bond acceptors (Lipinski definition) is 4. The molecule has 4 rings (SSSR count). The third-order valence-corrected chi connectivity index (χ3v) is 7.33. The number of carbonyl (C=O) groups excluding carboxylic acids is 1. The molecule has 33 heavy (non-hydrogen) atoms. The molecule has 0 saturated carbocycles. The van der Waals surface area contributed by atoms with Crippen molar-refractivity contribution < 1.29 is 13.2 Å². The Hall–Kier alpha value is -3.55. The summed E-state index contributed by atoms with van der Waals surface area (Å²) in [4.78, 5) is 27.3. The molecule has 0 bridgehead atoms. The summed E-state index contributed by atoms with van der Waals surface area (Å²) in [7, 11) is -3.95. The Kier molecular flexibility index (Phi) is 6.26. The zero-order valence-corrected chi connectivity index (χ0v) is 19.2. The predicted octanol–water partition coefficient (Wildman–Crippen LogP) is 4.43. The van der Waals surface area contributed by atoms with Crippen molar-refractivity contribution in [3.8, 4) is 0 Å². The Morgan fingerprint density at radius 3 is 2.27 bits per heavy atom. The van der Waals surface area contributed by atoms with E-state index in [9.17, 15) is 18.0 Å². The van der Waals surface area contributed by atoms with Crippen molar-refractivity contribution in [3.05, 3.63) is 111 Å². The van der Waals surface area contributed by atoms with Gasteiger partial charge in [-0.25, -0.2) is 8.42 Å². The third kappa shape index (κ3) is 4.94. The van der Waals surface area contributed by atoms with Crippen molar-refractivity contribution in [2.75, 3.05) is 0 Å². The summed E-state index contributed by atoms with van der Waals surface area (Å²) in [5.41, 5.74) is 2.99. The molecule has 0 aliphatic rings. The molecule has 0 spiro atoms. The Labute approximate surface area is 192 Å². The lowest BCUT2D eigenvalue weighted by Crippen LogP contribution is -2.32. The van der Waals surface area contributed by atoms with Gasteiger partial charge in [-0.3, -0.25) is 9.59 Å². The lowest BCUT2D eigenvalue weighted by Gasteiger charge is -2.22. The number of sulfonamides is 1. The quantitative estimate of drug-likeness (QED) is 0.413. The molecule has 1 N–H and O–H groups in total. The van der Waals surface area contributed by atoms with Crippen LogP contribution < -0.4 is 5.56 Å². The van der Waals surface area contributed by atoms with Crippen molar-refractivity contribution in [3.63, 3.8) is 0 Å². The number of hydrogen-bond donors (Lipinski definition) is 1. The van der Waals surface area contributed by atoms with Crippen molar-refractivity contribution >= 4 is 26.7 Å². The topological polar surface area (TPSA) is 87.3 Å². The van der Waals surface area contributed by atoms with Gasteiger partial charge in [-0.2, -0.15) is 4.31 Å². The normalized spacial score (nSPS) is 11.7. The molecule has 0 amide bonds. The fourth-order valence-electron chi connectivity index (χ4n) is 3.69. The van der Waals surface area contributed by atoms with Crippen molar-refractivity contribution in [2.45, 2.75) is 31.8 Å². The number of aromatic nitrogens is 1. The number of benzene rings is 3. The molecule has 6 nitrogen and oxygen atoms in total. The molecule has 0 aliphatic heterocycles. The van der Waals surface area contributed by atoms with Crippen LogP contribution in [0.4, 0.5) is 0 Å². The number of fused-ring (bicyclic) bond motifs is 1. The number of nitrogens with one attached hydrogen (secondary N) is 1. The molecule has 1 aromatic heterocycles. The van der Waals surface area contributed by atoms with E-state index in [1.54, 1.807) is 6.07 Å². The predicted molar refractivity (Wildman–Crippen MR) is 129 cm³/mol. The summed E-state index contributed by atoms with van der Waals surface area (Å²) in [6.07, 6.45) is 0. The van der Waals surface area contributed by atoms with Gasteiger partial charge in [0.2, 0.25) is 10.0 Å². The minimum absolute atomic E-state index is 0.0660. The second kappa shape index (κ2) is 9.13. The molecule has 0 radical (unpaired) electrons. The monoisotopic (exact) mass is 460 g/mol. The maximum atomic E-state index is 13.6. The molecule has 1 heterocycles. The first-order valence-corrected chi connectivity index (χ1v) is 12.0. The van der Waals surface area contributed by atoms with Crippen LogP contribution >= 0.6 is 0 Å². The molecular formula is C26H24N2O4S. The Morgan fingerprint density at radius 2 is 1.61 bits per heavy atom. The summed E-state index contributed by atoms with van der Waals surface area (Å²) < 4.78 is 28.4. The summed E-state index contributed by atoms with van der Waals surface area (Å²) in [5.74, 6) is -0.141. The number of aromatic amines is 1. The SMILES string of the molecule is CC(=O)c1ccc(S(=O)(=O)N(Cc2ccccc2)Cc2cc3ccc(C)cc3[nH]c2=O)cc1. The fourth-order valence-corrected chi connectivity index (χ4v) is 5.10. The van der Waals surface area contributed by atoms with Crippen molar-refractivity contribution in [1.29, 1.82) is 0 Å². The van der Waals surface area contributed by atoms with Crippen LogP contribution in [0.3, 0.4) is 0 Å². The minimum Gasteiger partial charge on any atom is -0.322 e. The highest BCUT2D eigenvalue weighted by Gasteiger charge is 2.26. The van der Waals surface area contributed by atoms with Crippen molar-refractivity contribution in [2.24, 2.45) is 0 Å². The highest BCUT2D eigenvalue weighted by atomic mass is 32.2. The van der Waals surface area contributed by atoms with E-state index in [4.69, 9.17) is 0 Å². The molecule has 0 aliphatic carbocycles.